The van der Waals surface area contributed by atoms with E-state index in [0.29, 0.717) is 17.5 Å². The van der Waals surface area contributed by atoms with Crippen LogP contribution >= 0.6 is 12.2 Å². The summed E-state index contributed by atoms with van der Waals surface area (Å²) in [7, 11) is 0. The van der Waals surface area contributed by atoms with Gasteiger partial charge < -0.3 is 10.5 Å². The third-order valence-electron chi connectivity index (χ3n) is 2.79. The van der Waals surface area contributed by atoms with Crippen LogP contribution in [0.2, 0.25) is 0 Å². The first-order valence-electron chi connectivity index (χ1n) is 5.85. The van der Waals surface area contributed by atoms with Crippen molar-refractivity contribution >= 4 is 17.2 Å². The number of rotatable bonds is 5. The summed E-state index contributed by atoms with van der Waals surface area (Å²) in [5.74, 6) is 1.38. The molecule has 0 aliphatic carbocycles. The zero-order chi connectivity index (χ0) is 13.1. The van der Waals surface area contributed by atoms with Gasteiger partial charge in [-0.15, -0.1) is 0 Å². The van der Waals surface area contributed by atoms with Gasteiger partial charge in [0.05, 0.1) is 11.6 Å². The molecule has 0 unspecified atom stereocenters. The highest BCUT2D eigenvalue weighted by molar-refractivity contribution is 7.80. The van der Waals surface area contributed by atoms with Gasteiger partial charge in [0.15, 0.2) is 0 Å². The summed E-state index contributed by atoms with van der Waals surface area (Å²) in [5, 5.41) is 0. The molecule has 0 spiro atoms. The molecule has 0 atom stereocenters. The summed E-state index contributed by atoms with van der Waals surface area (Å²) >= 11 is 5.01. The maximum atomic E-state index is 5.76. The standard InChI is InChI=1S/C14H21NOS/c1-10(2)11-6-5-7-12(8-11)16-9-14(3,4)13(15)17/h5-8,10H,9H2,1-4H3,(H2,15,17). The van der Waals surface area contributed by atoms with Gasteiger partial charge in [0.25, 0.3) is 0 Å². The molecule has 3 heteroatoms. The van der Waals surface area contributed by atoms with Crippen molar-refractivity contribution in [3.05, 3.63) is 29.8 Å². The first kappa shape index (κ1) is 14.0. The minimum absolute atomic E-state index is 0.275. The Morgan fingerprint density at radius 1 is 1.41 bits per heavy atom. The van der Waals surface area contributed by atoms with Gasteiger partial charge in [0.1, 0.15) is 5.75 Å². The van der Waals surface area contributed by atoms with E-state index in [9.17, 15) is 0 Å². The molecule has 0 aliphatic rings. The number of ether oxygens (including phenoxy) is 1. The fourth-order valence-electron chi connectivity index (χ4n) is 1.30. The Labute approximate surface area is 109 Å². The highest BCUT2D eigenvalue weighted by Crippen LogP contribution is 2.23. The van der Waals surface area contributed by atoms with Crippen molar-refractivity contribution in [3.8, 4) is 5.75 Å². The summed E-state index contributed by atoms with van der Waals surface area (Å²) in [4.78, 5) is 0.484. The van der Waals surface area contributed by atoms with Crippen molar-refractivity contribution in [2.45, 2.75) is 33.6 Å². The molecule has 94 valence electrons. The Morgan fingerprint density at radius 2 is 2.06 bits per heavy atom. The maximum absolute atomic E-state index is 5.76. The first-order valence-corrected chi connectivity index (χ1v) is 6.26. The Hall–Kier alpha value is -1.09. The predicted molar refractivity (Wildman–Crippen MR) is 76.6 cm³/mol. The average molecular weight is 251 g/mol. The Balaban J connectivity index is 2.70. The van der Waals surface area contributed by atoms with Crippen LogP contribution in [0.15, 0.2) is 24.3 Å². The smallest absolute Gasteiger partial charge is 0.119 e. The van der Waals surface area contributed by atoms with E-state index >= 15 is 0 Å². The Kier molecular flexibility index (Phi) is 4.52. The minimum atomic E-state index is -0.275. The van der Waals surface area contributed by atoms with Gasteiger partial charge >= 0.3 is 0 Å². The zero-order valence-corrected chi connectivity index (χ0v) is 11.8. The Morgan fingerprint density at radius 3 is 2.59 bits per heavy atom. The minimum Gasteiger partial charge on any atom is -0.493 e. The van der Waals surface area contributed by atoms with Crippen LogP contribution in [-0.4, -0.2) is 11.6 Å². The van der Waals surface area contributed by atoms with E-state index in [1.807, 2.05) is 26.0 Å². The molecule has 0 saturated heterocycles. The van der Waals surface area contributed by atoms with Crippen LogP contribution in [-0.2, 0) is 0 Å². The van der Waals surface area contributed by atoms with E-state index < -0.39 is 0 Å². The molecule has 1 aromatic rings. The van der Waals surface area contributed by atoms with Crippen LogP contribution < -0.4 is 10.5 Å². The van der Waals surface area contributed by atoms with Crippen LogP contribution in [0, 0.1) is 5.41 Å². The summed E-state index contributed by atoms with van der Waals surface area (Å²) < 4.78 is 5.76. The normalized spacial score (nSPS) is 11.6. The summed E-state index contributed by atoms with van der Waals surface area (Å²) in [5.41, 5.74) is 6.66. The molecule has 0 aromatic heterocycles. The molecule has 0 aliphatic heterocycles. The number of hydrogen-bond donors (Lipinski definition) is 1. The number of thiocarbonyl (C=S) groups is 1. The second-order valence-electron chi connectivity index (χ2n) is 5.26. The molecule has 0 saturated carbocycles. The molecule has 2 nitrogen and oxygen atoms in total. The van der Waals surface area contributed by atoms with Gasteiger partial charge in [0, 0.05) is 5.41 Å². The summed E-state index contributed by atoms with van der Waals surface area (Å²) in [6.07, 6.45) is 0. The lowest BCUT2D eigenvalue weighted by Gasteiger charge is -2.23. The molecule has 2 N–H and O–H groups in total. The van der Waals surface area contributed by atoms with Gasteiger partial charge in [-0.1, -0.05) is 52.0 Å². The van der Waals surface area contributed by atoms with Gasteiger partial charge in [-0.3, -0.25) is 0 Å². The number of nitrogens with two attached hydrogens (primary N) is 1. The largest absolute Gasteiger partial charge is 0.493 e. The first-order chi connectivity index (χ1) is 7.83. The van der Waals surface area contributed by atoms with Crippen molar-refractivity contribution in [3.63, 3.8) is 0 Å². The molecule has 0 amide bonds. The van der Waals surface area contributed by atoms with Crippen molar-refractivity contribution in [2.75, 3.05) is 6.61 Å². The van der Waals surface area contributed by atoms with Crippen LogP contribution in [0.4, 0.5) is 0 Å². The molecule has 0 bridgehead atoms. The van der Waals surface area contributed by atoms with Gasteiger partial charge in [-0.25, -0.2) is 0 Å². The Bertz CT molecular complexity index is 399. The molecule has 17 heavy (non-hydrogen) atoms. The second kappa shape index (κ2) is 5.50. The van der Waals surface area contributed by atoms with Crippen LogP contribution in [0.3, 0.4) is 0 Å². The monoisotopic (exact) mass is 251 g/mol. The molecule has 1 rings (SSSR count). The van der Waals surface area contributed by atoms with E-state index in [4.69, 9.17) is 22.7 Å². The molecule has 0 radical (unpaired) electrons. The molecule has 0 fully saturated rings. The van der Waals surface area contributed by atoms with Crippen molar-refractivity contribution in [1.29, 1.82) is 0 Å². The predicted octanol–water partition coefficient (Wildman–Crippen LogP) is 3.50. The summed E-state index contributed by atoms with van der Waals surface area (Å²) in [6, 6.07) is 8.15. The van der Waals surface area contributed by atoms with Crippen LogP contribution in [0.1, 0.15) is 39.2 Å². The third-order valence-corrected chi connectivity index (χ3v) is 3.34. The maximum Gasteiger partial charge on any atom is 0.119 e. The second-order valence-corrected chi connectivity index (χ2v) is 5.70. The average Bonchev–Trinajstić information content (AvgIpc) is 2.26. The number of hydrogen-bond acceptors (Lipinski definition) is 2. The number of benzene rings is 1. The lowest BCUT2D eigenvalue weighted by atomic mass is 9.95. The summed E-state index contributed by atoms with van der Waals surface area (Å²) in [6.45, 7) is 8.81. The lowest BCUT2D eigenvalue weighted by molar-refractivity contribution is 0.236. The lowest BCUT2D eigenvalue weighted by Crippen LogP contribution is -2.35. The highest BCUT2D eigenvalue weighted by Gasteiger charge is 2.22. The van der Waals surface area contributed by atoms with Crippen molar-refractivity contribution < 1.29 is 4.74 Å². The SMILES string of the molecule is CC(C)c1cccc(OCC(C)(C)C(N)=S)c1. The fourth-order valence-corrected chi connectivity index (χ4v) is 1.36. The molecule has 1 aromatic carbocycles. The van der Waals surface area contributed by atoms with E-state index in [1.54, 1.807) is 0 Å². The van der Waals surface area contributed by atoms with Gasteiger partial charge in [0.2, 0.25) is 0 Å². The fraction of sp³-hybridized carbons (Fsp3) is 0.500. The zero-order valence-electron chi connectivity index (χ0n) is 11.0. The van der Waals surface area contributed by atoms with Gasteiger partial charge in [-0.2, -0.15) is 0 Å². The molecular weight excluding hydrogens is 230 g/mol. The van der Waals surface area contributed by atoms with E-state index in [1.165, 1.54) is 5.56 Å². The third kappa shape index (κ3) is 4.00. The topological polar surface area (TPSA) is 35.2 Å². The van der Waals surface area contributed by atoms with E-state index in [2.05, 4.69) is 26.0 Å². The van der Waals surface area contributed by atoms with E-state index in [-0.39, 0.29) is 5.41 Å². The van der Waals surface area contributed by atoms with Crippen molar-refractivity contribution in [2.24, 2.45) is 11.1 Å². The van der Waals surface area contributed by atoms with Gasteiger partial charge in [-0.05, 0) is 23.6 Å². The van der Waals surface area contributed by atoms with E-state index in [0.717, 1.165) is 5.75 Å². The van der Waals surface area contributed by atoms with Crippen molar-refractivity contribution in [1.82, 2.24) is 0 Å². The molecular formula is C14H21NOS. The highest BCUT2D eigenvalue weighted by atomic mass is 32.1. The van der Waals surface area contributed by atoms with Crippen LogP contribution in [0.5, 0.6) is 5.75 Å². The molecule has 0 heterocycles. The van der Waals surface area contributed by atoms with Crippen LogP contribution in [0.25, 0.3) is 0 Å². The quantitative estimate of drug-likeness (QED) is 0.813.